The molecule has 0 saturated carbocycles. The van der Waals surface area contributed by atoms with E-state index in [1.807, 2.05) is 11.8 Å². The quantitative estimate of drug-likeness (QED) is 0.812. The molecule has 0 amide bonds. The van der Waals surface area contributed by atoms with Gasteiger partial charge in [-0.05, 0) is 31.9 Å². The van der Waals surface area contributed by atoms with Gasteiger partial charge in [0.2, 0.25) is 0 Å². The molecule has 1 aromatic carbocycles. The number of nitrogens with zero attached hydrogens (tertiary/aromatic N) is 2. The Balaban J connectivity index is 1.93. The largest absolute Gasteiger partial charge is 0.299 e. The van der Waals surface area contributed by atoms with Gasteiger partial charge in [0, 0.05) is 35.7 Å². The molecule has 0 bridgehead atoms. The molecule has 96 valence electrons. The molecular formula is C15H20N2S. The summed E-state index contributed by atoms with van der Waals surface area (Å²) in [4.78, 5) is 3.86. The Labute approximate surface area is 114 Å². The number of hydrogen-bond donors (Lipinski definition) is 0. The Bertz CT molecular complexity index is 411. The molecule has 2 rings (SSSR count). The molecule has 0 spiro atoms. The van der Waals surface area contributed by atoms with Gasteiger partial charge in [-0.1, -0.05) is 18.2 Å². The summed E-state index contributed by atoms with van der Waals surface area (Å²) in [7, 11) is 0. The van der Waals surface area contributed by atoms with Crippen LogP contribution in [0.25, 0.3) is 0 Å². The van der Waals surface area contributed by atoms with Crippen molar-refractivity contribution in [1.82, 2.24) is 4.90 Å². The van der Waals surface area contributed by atoms with Crippen LogP contribution in [0.15, 0.2) is 29.2 Å². The second kappa shape index (κ2) is 6.26. The van der Waals surface area contributed by atoms with Crippen molar-refractivity contribution < 1.29 is 0 Å². The van der Waals surface area contributed by atoms with Crippen LogP contribution in [0.2, 0.25) is 0 Å². The summed E-state index contributed by atoms with van der Waals surface area (Å²) < 4.78 is 0. The van der Waals surface area contributed by atoms with Gasteiger partial charge in [0.15, 0.2) is 0 Å². The Morgan fingerprint density at radius 1 is 1.44 bits per heavy atom. The van der Waals surface area contributed by atoms with Crippen molar-refractivity contribution in [1.29, 1.82) is 5.26 Å². The minimum atomic E-state index is 0.516. The Morgan fingerprint density at radius 2 is 2.22 bits per heavy atom. The zero-order valence-corrected chi connectivity index (χ0v) is 11.9. The second-order valence-electron chi connectivity index (χ2n) is 5.05. The Kier molecular flexibility index (Phi) is 4.68. The van der Waals surface area contributed by atoms with Crippen LogP contribution >= 0.6 is 11.8 Å². The molecule has 0 N–H and O–H groups in total. The summed E-state index contributed by atoms with van der Waals surface area (Å²) in [5.74, 6) is 0. The summed E-state index contributed by atoms with van der Waals surface area (Å²) in [6, 6.07) is 11.5. The molecule has 1 unspecified atom stereocenters. The predicted octanol–water partition coefficient (Wildman–Crippen LogP) is 3.33. The first-order valence-corrected chi connectivity index (χ1v) is 7.44. The highest BCUT2D eigenvalue weighted by atomic mass is 32.2. The Morgan fingerprint density at radius 3 is 2.89 bits per heavy atom. The third-order valence-electron chi connectivity index (χ3n) is 3.39. The average molecular weight is 260 g/mol. The second-order valence-corrected chi connectivity index (χ2v) is 6.39. The van der Waals surface area contributed by atoms with Crippen LogP contribution in [0.4, 0.5) is 0 Å². The van der Waals surface area contributed by atoms with Gasteiger partial charge in [-0.2, -0.15) is 5.26 Å². The van der Waals surface area contributed by atoms with Gasteiger partial charge in [-0.15, -0.1) is 11.8 Å². The molecule has 18 heavy (non-hydrogen) atoms. The average Bonchev–Trinajstić information content (AvgIpc) is 2.76. The lowest BCUT2D eigenvalue weighted by molar-refractivity contribution is 0.227. The van der Waals surface area contributed by atoms with E-state index in [4.69, 9.17) is 5.26 Å². The number of fused-ring (bicyclic) bond motifs is 1. The van der Waals surface area contributed by atoms with E-state index in [0.717, 1.165) is 19.5 Å². The molecule has 1 aromatic rings. The summed E-state index contributed by atoms with van der Waals surface area (Å²) >= 11 is 1.99. The van der Waals surface area contributed by atoms with Crippen LogP contribution < -0.4 is 0 Å². The molecule has 0 aliphatic carbocycles. The minimum absolute atomic E-state index is 0.516. The summed E-state index contributed by atoms with van der Waals surface area (Å²) in [5, 5.41) is 9.36. The van der Waals surface area contributed by atoms with E-state index in [2.05, 4.69) is 49.1 Å². The normalized spacial score (nSPS) is 18.1. The highest BCUT2D eigenvalue weighted by Gasteiger charge is 2.24. The number of rotatable bonds is 5. The molecule has 0 radical (unpaired) electrons. The van der Waals surface area contributed by atoms with Crippen molar-refractivity contribution in [3.8, 4) is 6.07 Å². The molecule has 1 aliphatic rings. The number of thioether (sulfide) groups is 1. The van der Waals surface area contributed by atoms with Crippen molar-refractivity contribution >= 4 is 11.8 Å². The SMILES string of the molecule is CC(C)N(CCC#N)CC1Cc2ccccc2S1. The third kappa shape index (κ3) is 3.28. The van der Waals surface area contributed by atoms with Gasteiger partial charge in [0.25, 0.3) is 0 Å². The first kappa shape index (κ1) is 13.5. The number of hydrogen-bond acceptors (Lipinski definition) is 3. The summed E-state index contributed by atoms with van der Waals surface area (Å²) in [6.07, 6.45) is 1.79. The summed E-state index contributed by atoms with van der Waals surface area (Å²) in [5.41, 5.74) is 1.48. The third-order valence-corrected chi connectivity index (χ3v) is 4.69. The van der Waals surface area contributed by atoms with E-state index >= 15 is 0 Å². The topological polar surface area (TPSA) is 27.0 Å². The maximum absolute atomic E-state index is 8.72. The van der Waals surface area contributed by atoms with Gasteiger partial charge in [0.1, 0.15) is 0 Å². The molecule has 3 heteroatoms. The fourth-order valence-electron chi connectivity index (χ4n) is 2.37. The van der Waals surface area contributed by atoms with Crippen LogP contribution in [0.3, 0.4) is 0 Å². The molecule has 2 nitrogen and oxygen atoms in total. The molecule has 1 atom stereocenters. The fourth-order valence-corrected chi connectivity index (χ4v) is 3.72. The van der Waals surface area contributed by atoms with Gasteiger partial charge < -0.3 is 0 Å². The first-order chi connectivity index (χ1) is 8.70. The zero-order chi connectivity index (χ0) is 13.0. The molecular weight excluding hydrogens is 240 g/mol. The van der Waals surface area contributed by atoms with Crippen molar-refractivity contribution in [2.45, 2.75) is 42.9 Å². The highest BCUT2D eigenvalue weighted by molar-refractivity contribution is 8.00. The van der Waals surface area contributed by atoms with E-state index in [1.54, 1.807) is 0 Å². The van der Waals surface area contributed by atoms with Gasteiger partial charge in [-0.3, -0.25) is 4.90 Å². The minimum Gasteiger partial charge on any atom is -0.299 e. The smallest absolute Gasteiger partial charge is 0.0635 e. The lowest BCUT2D eigenvalue weighted by atomic mass is 10.1. The fraction of sp³-hybridized carbons (Fsp3) is 0.533. The number of nitriles is 1. The molecule has 1 aliphatic heterocycles. The number of benzene rings is 1. The predicted molar refractivity (Wildman–Crippen MR) is 76.7 cm³/mol. The van der Waals surface area contributed by atoms with Crippen LogP contribution in [0.1, 0.15) is 25.8 Å². The zero-order valence-electron chi connectivity index (χ0n) is 11.1. The Hall–Kier alpha value is -0.980. The molecule has 0 saturated heterocycles. The van der Waals surface area contributed by atoms with Crippen molar-refractivity contribution in [2.24, 2.45) is 0 Å². The maximum Gasteiger partial charge on any atom is 0.0635 e. The maximum atomic E-state index is 8.72. The van der Waals surface area contributed by atoms with E-state index in [1.165, 1.54) is 10.5 Å². The van der Waals surface area contributed by atoms with Crippen LogP contribution in [0, 0.1) is 11.3 Å². The van der Waals surface area contributed by atoms with E-state index in [9.17, 15) is 0 Å². The van der Waals surface area contributed by atoms with Gasteiger partial charge in [-0.25, -0.2) is 0 Å². The van der Waals surface area contributed by atoms with E-state index in [0.29, 0.717) is 17.7 Å². The molecule has 0 aromatic heterocycles. The van der Waals surface area contributed by atoms with Crippen molar-refractivity contribution in [3.63, 3.8) is 0 Å². The summed E-state index contributed by atoms with van der Waals surface area (Å²) in [6.45, 7) is 6.40. The van der Waals surface area contributed by atoms with E-state index < -0.39 is 0 Å². The monoisotopic (exact) mass is 260 g/mol. The van der Waals surface area contributed by atoms with Crippen molar-refractivity contribution in [3.05, 3.63) is 29.8 Å². The first-order valence-electron chi connectivity index (χ1n) is 6.56. The molecule has 1 heterocycles. The van der Waals surface area contributed by atoms with Crippen LogP contribution in [0.5, 0.6) is 0 Å². The highest BCUT2D eigenvalue weighted by Crippen LogP contribution is 2.37. The standard InChI is InChI=1S/C15H20N2S/c1-12(2)17(9-5-8-16)11-14-10-13-6-3-4-7-15(13)18-14/h3-4,6-7,12,14H,5,9-11H2,1-2H3. The van der Waals surface area contributed by atoms with Gasteiger partial charge in [0.05, 0.1) is 6.07 Å². The van der Waals surface area contributed by atoms with Crippen LogP contribution in [-0.2, 0) is 6.42 Å². The molecule has 0 fully saturated rings. The van der Waals surface area contributed by atoms with E-state index in [-0.39, 0.29) is 0 Å². The van der Waals surface area contributed by atoms with Crippen molar-refractivity contribution in [2.75, 3.05) is 13.1 Å². The van der Waals surface area contributed by atoms with Gasteiger partial charge >= 0.3 is 0 Å². The lowest BCUT2D eigenvalue weighted by Crippen LogP contribution is -2.37. The lowest BCUT2D eigenvalue weighted by Gasteiger charge is -2.27. The van der Waals surface area contributed by atoms with Crippen LogP contribution in [-0.4, -0.2) is 29.3 Å².